The second kappa shape index (κ2) is 5.49. The van der Waals surface area contributed by atoms with Gasteiger partial charge in [-0.2, -0.15) is 0 Å². The molecule has 1 unspecified atom stereocenters. The van der Waals surface area contributed by atoms with Crippen LogP contribution in [0.15, 0.2) is 22.7 Å². The molecule has 0 aliphatic carbocycles. The molecule has 1 aromatic rings. The lowest BCUT2D eigenvalue weighted by Crippen LogP contribution is -2.34. The minimum atomic E-state index is -0.310. The zero-order valence-corrected chi connectivity index (χ0v) is 12.0. The van der Waals surface area contributed by atoms with Gasteiger partial charge in [-0.25, -0.2) is 4.39 Å². The summed E-state index contributed by atoms with van der Waals surface area (Å²) in [5.41, 5.74) is 0.197. The molecule has 0 spiro atoms. The molecule has 1 aliphatic heterocycles. The Kier molecular flexibility index (Phi) is 4.17. The van der Waals surface area contributed by atoms with E-state index in [1.807, 2.05) is 6.92 Å². The number of ketones is 1. The highest BCUT2D eigenvalue weighted by Gasteiger charge is 2.38. The average molecular weight is 314 g/mol. The Morgan fingerprint density at radius 2 is 2.33 bits per heavy atom. The first kappa shape index (κ1) is 13.7. The van der Waals surface area contributed by atoms with E-state index in [-0.39, 0.29) is 23.4 Å². The van der Waals surface area contributed by atoms with Gasteiger partial charge >= 0.3 is 0 Å². The van der Waals surface area contributed by atoms with Crippen LogP contribution in [0.1, 0.15) is 25.3 Å². The van der Waals surface area contributed by atoms with Crippen LogP contribution < -0.4 is 5.32 Å². The van der Waals surface area contributed by atoms with E-state index in [0.717, 1.165) is 25.9 Å². The Morgan fingerprint density at radius 1 is 1.56 bits per heavy atom. The van der Waals surface area contributed by atoms with E-state index in [4.69, 9.17) is 0 Å². The lowest BCUT2D eigenvalue weighted by Gasteiger charge is -2.25. The maximum atomic E-state index is 13.7. The van der Waals surface area contributed by atoms with Crippen molar-refractivity contribution < 1.29 is 9.18 Å². The highest BCUT2D eigenvalue weighted by atomic mass is 79.9. The van der Waals surface area contributed by atoms with Crippen molar-refractivity contribution >= 4 is 21.7 Å². The van der Waals surface area contributed by atoms with E-state index in [2.05, 4.69) is 21.2 Å². The third kappa shape index (κ3) is 2.64. The predicted molar refractivity (Wildman–Crippen MR) is 73.0 cm³/mol. The molecular formula is C14H17BrFNO. The van der Waals surface area contributed by atoms with Crippen LogP contribution in [0.3, 0.4) is 0 Å². The lowest BCUT2D eigenvalue weighted by atomic mass is 9.78. The molecule has 4 heteroatoms. The standard InChI is InChI=1S/C14H17BrFNO/c1-2-14(5-6-17-9-14)13(18)7-10-3-4-11(15)8-12(10)16/h3-4,8,17H,2,5-7,9H2,1H3. The summed E-state index contributed by atoms with van der Waals surface area (Å²) < 4.78 is 14.4. The molecule has 0 bridgehead atoms. The van der Waals surface area contributed by atoms with Gasteiger partial charge < -0.3 is 5.32 Å². The molecule has 1 heterocycles. The van der Waals surface area contributed by atoms with Crippen LogP contribution in [0.5, 0.6) is 0 Å². The molecular weight excluding hydrogens is 297 g/mol. The maximum absolute atomic E-state index is 13.7. The number of carbonyl (C=O) groups excluding carboxylic acids is 1. The fourth-order valence-corrected chi connectivity index (χ4v) is 2.84. The Bertz CT molecular complexity index is 455. The number of hydrogen-bond acceptors (Lipinski definition) is 2. The minimum Gasteiger partial charge on any atom is -0.316 e. The topological polar surface area (TPSA) is 29.1 Å². The van der Waals surface area contributed by atoms with Crippen LogP contribution in [0.2, 0.25) is 0 Å². The predicted octanol–water partition coefficient (Wildman–Crippen LogP) is 3.09. The largest absolute Gasteiger partial charge is 0.316 e. The van der Waals surface area contributed by atoms with Crippen LogP contribution in [0, 0.1) is 11.2 Å². The summed E-state index contributed by atoms with van der Waals surface area (Å²) in [4.78, 5) is 12.4. The Balaban J connectivity index is 2.15. The van der Waals surface area contributed by atoms with Gasteiger partial charge in [0.15, 0.2) is 0 Å². The van der Waals surface area contributed by atoms with Gasteiger partial charge in [-0.05, 0) is 37.1 Å². The molecule has 0 aromatic heterocycles. The molecule has 0 saturated carbocycles. The van der Waals surface area contributed by atoms with Crippen molar-refractivity contribution in [2.24, 2.45) is 5.41 Å². The van der Waals surface area contributed by atoms with Gasteiger partial charge in [-0.1, -0.05) is 28.9 Å². The van der Waals surface area contributed by atoms with Crippen LogP contribution in [0.25, 0.3) is 0 Å². The van der Waals surface area contributed by atoms with Crippen molar-refractivity contribution in [2.75, 3.05) is 13.1 Å². The Morgan fingerprint density at radius 3 is 2.89 bits per heavy atom. The van der Waals surface area contributed by atoms with E-state index in [9.17, 15) is 9.18 Å². The fraction of sp³-hybridized carbons (Fsp3) is 0.500. The summed E-state index contributed by atoms with van der Waals surface area (Å²) in [5, 5.41) is 3.23. The second-order valence-corrected chi connectivity index (χ2v) is 5.81. The molecule has 1 saturated heterocycles. The molecule has 1 aliphatic rings. The first-order valence-corrected chi connectivity index (χ1v) is 7.05. The average Bonchev–Trinajstić information content (AvgIpc) is 2.82. The second-order valence-electron chi connectivity index (χ2n) is 4.90. The Labute approximate surface area is 115 Å². The number of nitrogens with one attached hydrogen (secondary N) is 1. The van der Waals surface area contributed by atoms with Gasteiger partial charge in [0, 0.05) is 22.9 Å². The van der Waals surface area contributed by atoms with E-state index in [1.165, 1.54) is 6.07 Å². The van der Waals surface area contributed by atoms with Gasteiger partial charge in [0.2, 0.25) is 0 Å². The molecule has 2 nitrogen and oxygen atoms in total. The van der Waals surface area contributed by atoms with Crippen molar-refractivity contribution in [3.8, 4) is 0 Å². The molecule has 18 heavy (non-hydrogen) atoms. The van der Waals surface area contributed by atoms with E-state index in [1.54, 1.807) is 12.1 Å². The summed E-state index contributed by atoms with van der Waals surface area (Å²) in [6, 6.07) is 4.87. The highest BCUT2D eigenvalue weighted by Crippen LogP contribution is 2.32. The molecule has 98 valence electrons. The minimum absolute atomic E-state index is 0.149. The number of Topliss-reactive ketones (excluding diaryl/α,β-unsaturated/α-hetero) is 1. The summed E-state index contributed by atoms with van der Waals surface area (Å²) >= 11 is 3.22. The number of carbonyl (C=O) groups is 1. The quantitative estimate of drug-likeness (QED) is 0.925. The van der Waals surface area contributed by atoms with Gasteiger partial charge in [0.05, 0.1) is 0 Å². The molecule has 1 atom stereocenters. The first-order chi connectivity index (χ1) is 8.57. The zero-order valence-electron chi connectivity index (χ0n) is 10.4. The smallest absolute Gasteiger partial charge is 0.144 e. The number of benzene rings is 1. The molecule has 1 aromatic carbocycles. The van der Waals surface area contributed by atoms with Crippen LogP contribution in [0.4, 0.5) is 4.39 Å². The summed E-state index contributed by atoms with van der Waals surface area (Å²) in [6.45, 7) is 3.63. The molecule has 0 radical (unpaired) electrons. The van der Waals surface area contributed by atoms with E-state index < -0.39 is 0 Å². The molecule has 1 N–H and O–H groups in total. The summed E-state index contributed by atoms with van der Waals surface area (Å²) in [7, 11) is 0. The summed E-state index contributed by atoms with van der Waals surface area (Å²) in [6.07, 6.45) is 1.87. The van der Waals surface area contributed by atoms with Crippen LogP contribution >= 0.6 is 15.9 Å². The maximum Gasteiger partial charge on any atom is 0.144 e. The monoisotopic (exact) mass is 313 g/mol. The van der Waals surface area contributed by atoms with Gasteiger partial charge in [0.25, 0.3) is 0 Å². The van der Waals surface area contributed by atoms with Crippen molar-refractivity contribution in [3.63, 3.8) is 0 Å². The number of hydrogen-bond donors (Lipinski definition) is 1. The van der Waals surface area contributed by atoms with Crippen molar-refractivity contribution in [1.82, 2.24) is 5.32 Å². The zero-order chi connectivity index (χ0) is 13.2. The Hall–Kier alpha value is -0.740. The van der Waals surface area contributed by atoms with E-state index in [0.29, 0.717) is 10.0 Å². The van der Waals surface area contributed by atoms with E-state index >= 15 is 0 Å². The third-order valence-electron chi connectivity index (χ3n) is 3.88. The van der Waals surface area contributed by atoms with Crippen LogP contribution in [-0.2, 0) is 11.2 Å². The molecule has 1 fully saturated rings. The van der Waals surface area contributed by atoms with Gasteiger partial charge in [-0.15, -0.1) is 0 Å². The van der Waals surface area contributed by atoms with Crippen molar-refractivity contribution in [2.45, 2.75) is 26.2 Å². The summed E-state index contributed by atoms with van der Waals surface area (Å²) in [5.74, 6) is -0.161. The SMILES string of the molecule is CCC1(C(=O)Cc2ccc(Br)cc2F)CCNC1. The van der Waals surface area contributed by atoms with Gasteiger partial charge in [0.1, 0.15) is 11.6 Å². The molecule has 2 rings (SSSR count). The van der Waals surface area contributed by atoms with Crippen molar-refractivity contribution in [1.29, 1.82) is 0 Å². The third-order valence-corrected chi connectivity index (χ3v) is 4.37. The van der Waals surface area contributed by atoms with Crippen molar-refractivity contribution in [3.05, 3.63) is 34.1 Å². The first-order valence-electron chi connectivity index (χ1n) is 6.25. The fourth-order valence-electron chi connectivity index (χ4n) is 2.51. The highest BCUT2D eigenvalue weighted by molar-refractivity contribution is 9.10. The molecule has 0 amide bonds. The number of rotatable bonds is 4. The lowest BCUT2D eigenvalue weighted by molar-refractivity contribution is -0.127. The normalized spacial score (nSPS) is 23.3. The number of halogens is 2. The van der Waals surface area contributed by atoms with Crippen LogP contribution in [-0.4, -0.2) is 18.9 Å². The van der Waals surface area contributed by atoms with Gasteiger partial charge in [-0.3, -0.25) is 4.79 Å².